The van der Waals surface area contributed by atoms with Gasteiger partial charge in [0.2, 0.25) is 0 Å². The number of amides is 1. The van der Waals surface area contributed by atoms with Crippen molar-refractivity contribution in [2.45, 2.75) is 49.1 Å². The van der Waals surface area contributed by atoms with Crippen molar-refractivity contribution in [1.29, 1.82) is 0 Å². The molecule has 0 spiro atoms. The molecule has 0 saturated heterocycles. The highest BCUT2D eigenvalue weighted by Gasteiger charge is 2.28. The minimum Gasteiger partial charge on any atom is -0.348 e. The fraction of sp³-hybridized carbons (Fsp3) is 0.409. The average Bonchev–Trinajstić information content (AvgIpc) is 3.19. The van der Waals surface area contributed by atoms with Crippen molar-refractivity contribution in [2.24, 2.45) is 0 Å². The molecule has 6 nitrogen and oxygen atoms in total. The van der Waals surface area contributed by atoms with Gasteiger partial charge in [0.1, 0.15) is 0 Å². The van der Waals surface area contributed by atoms with Crippen molar-refractivity contribution >= 4 is 27.6 Å². The Morgan fingerprint density at radius 1 is 1.07 bits per heavy atom. The molecule has 0 heterocycles. The average molecular weight is 451 g/mol. The minimum atomic E-state index is -3.76. The lowest BCUT2D eigenvalue weighted by atomic mass is 10.1. The second-order valence-corrected chi connectivity index (χ2v) is 9.60. The Balaban J connectivity index is 1.48. The number of carbonyl (C=O) groups is 1. The molecule has 2 atom stereocenters. The normalized spacial score (nSPS) is 19.0. The van der Waals surface area contributed by atoms with Gasteiger partial charge in [0.15, 0.2) is 0 Å². The van der Waals surface area contributed by atoms with Crippen LogP contribution < -0.4 is 10.6 Å². The Morgan fingerprint density at radius 3 is 2.40 bits per heavy atom. The molecule has 3 rings (SSSR count). The molecule has 2 aromatic carbocycles. The Bertz CT molecular complexity index is 946. The van der Waals surface area contributed by atoms with Crippen LogP contribution in [-0.2, 0) is 20.7 Å². The summed E-state index contributed by atoms with van der Waals surface area (Å²) < 4.78 is 27.9. The van der Waals surface area contributed by atoms with Gasteiger partial charge in [-0.25, -0.2) is 0 Å². The number of nitrogens with one attached hydrogen (secondary N) is 2. The molecule has 0 bridgehead atoms. The summed E-state index contributed by atoms with van der Waals surface area (Å²) in [6.45, 7) is 0.878. The molecular weight excluding hydrogens is 424 g/mol. The van der Waals surface area contributed by atoms with E-state index in [1.165, 1.54) is 29.8 Å². The molecule has 2 N–H and O–H groups in total. The van der Waals surface area contributed by atoms with Crippen LogP contribution in [0.25, 0.3) is 0 Å². The van der Waals surface area contributed by atoms with Crippen molar-refractivity contribution in [1.82, 2.24) is 10.6 Å². The van der Waals surface area contributed by atoms with Crippen molar-refractivity contribution in [3.63, 3.8) is 0 Å². The predicted molar refractivity (Wildman–Crippen MR) is 117 cm³/mol. The fourth-order valence-corrected chi connectivity index (χ4v) is 4.52. The summed E-state index contributed by atoms with van der Waals surface area (Å²) in [5, 5.41) is 7.40. The SMILES string of the molecule is COS(=O)(=O)c1ccc(C(=O)N[C@@H]2CCC[C@H]2NCCCc2ccc(Cl)cc2)cc1. The van der Waals surface area contributed by atoms with Crippen LogP contribution in [-0.4, -0.2) is 40.1 Å². The first-order valence-corrected chi connectivity index (χ1v) is 11.9. The number of aryl methyl sites for hydroxylation is 1. The van der Waals surface area contributed by atoms with Gasteiger partial charge in [0.25, 0.3) is 16.0 Å². The highest BCUT2D eigenvalue weighted by molar-refractivity contribution is 7.86. The van der Waals surface area contributed by atoms with E-state index in [0.717, 1.165) is 50.8 Å². The zero-order chi connectivity index (χ0) is 21.6. The zero-order valence-corrected chi connectivity index (χ0v) is 18.5. The van der Waals surface area contributed by atoms with Crippen molar-refractivity contribution in [3.05, 3.63) is 64.7 Å². The molecule has 30 heavy (non-hydrogen) atoms. The molecule has 8 heteroatoms. The van der Waals surface area contributed by atoms with Crippen LogP contribution in [0.4, 0.5) is 0 Å². The molecule has 1 amide bonds. The molecular formula is C22H27ClN2O4S. The summed E-state index contributed by atoms with van der Waals surface area (Å²) in [7, 11) is -2.65. The third-order valence-corrected chi connectivity index (χ3v) is 6.96. The maximum Gasteiger partial charge on any atom is 0.296 e. The summed E-state index contributed by atoms with van der Waals surface area (Å²) in [6, 6.07) is 14.0. The van der Waals surface area contributed by atoms with Gasteiger partial charge in [-0.15, -0.1) is 0 Å². The van der Waals surface area contributed by atoms with E-state index in [2.05, 4.69) is 14.8 Å². The third kappa shape index (κ3) is 6.04. The van der Waals surface area contributed by atoms with E-state index in [-0.39, 0.29) is 22.9 Å². The number of carbonyl (C=O) groups excluding carboxylic acids is 1. The first kappa shape index (κ1) is 22.7. The van der Waals surface area contributed by atoms with E-state index in [4.69, 9.17) is 11.6 Å². The van der Waals surface area contributed by atoms with Crippen molar-refractivity contribution < 1.29 is 17.4 Å². The molecule has 1 aliphatic rings. The van der Waals surface area contributed by atoms with Gasteiger partial charge in [-0.1, -0.05) is 23.7 Å². The number of hydrogen-bond acceptors (Lipinski definition) is 5. The summed E-state index contributed by atoms with van der Waals surface area (Å²) in [4.78, 5) is 12.6. The van der Waals surface area contributed by atoms with E-state index in [9.17, 15) is 13.2 Å². The second-order valence-electron chi connectivity index (χ2n) is 7.45. The van der Waals surface area contributed by atoms with E-state index in [1.807, 2.05) is 24.3 Å². The summed E-state index contributed by atoms with van der Waals surface area (Å²) >= 11 is 5.92. The standard InChI is InChI=1S/C22H27ClN2O4S/c1-29-30(27,28)19-13-9-17(10-14-19)22(26)25-21-6-2-5-20(21)24-15-3-4-16-7-11-18(23)12-8-16/h7-14,20-21,24H,2-6,15H2,1H3,(H,25,26)/t20-,21-/m1/s1. The highest BCUT2D eigenvalue weighted by atomic mass is 35.5. The van der Waals surface area contributed by atoms with Gasteiger partial charge in [0, 0.05) is 22.7 Å². The molecule has 1 saturated carbocycles. The first-order chi connectivity index (χ1) is 14.4. The van der Waals surface area contributed by atoms with Gasteiger partial charge < -0.3 is 10.6 Å². The maximum absolute atomic E-state index is 12.6. The number of benzene rings is 2. The number of rotatable bonds is 9. The van der Waals surface area contributed by atoms with Crippen LogP contribution in [0.1, 0.15) is 41.6 Å². The van der Waals surface area contributed by atoms with Crippen LogP contribution in [0.15, 0.2) is 53.4 Å². The van der Waals surface area contributed by atoms with Gasteiger partial charge in [-0.05, 0) is 80.6 Å². The monoisotopic (exact) mass is 450 g/mol. The molecule has 1 fully saturated rings. The van der Waals surface area contributed by atoms with Crippen LogP contribution in [0.2, 0.25) is 5.02 Å². The van der Waals surface area contributed by atoms with Gasteiger partial charge >= 0.3 is 0 Å². The Labute approximate surface area is 183 Å². The van der Waals surface area contributed by atoms with E-state index < -0.39 is 10.1 Å². The molecule has 0 radical (unpaired) electrons. The Hall–Kier alpha value is -1.93. The molecule has 1 aliphatic carbocycles. The molecule has 0 aliphatic heterocycles. The molecule has 0 unspecified atom stereocenters. The predicted octanol–water partition coefficient (Wildman–Crippen LogP) is 3.55. The van der Waals surface area contributed by atoms with Crippen LogP contribution in [0, 0.1) is 0 Å². The summed E-state index contributed by atoms with van der Waals surface area (Å²) in [5.41, 5.74) is 1.69. The van der Waals surface area contributed by atoms with Crippen LogP contribution >= 0.6 is 11.6 Å². The highest BCUT2D eigenvalue weighted by Crippen LogP contribution is 2.20. The lowest BCUT2D eigenvalue weighted by Gasteiger charge is -2.22. The lowest BCUT2D eigenvalue weighted by Crippen LogP contribution is -2.47. The first-order valence-electron chi connectivity index (χ1n) is 10.1. The number of hydrogen-bond donors (Lipinski definition) is 2. The van der Waals surface area contributed by atoms with E-state index in [1.54, 1.807) is 0 Å². The zero-order valence-electron chi connectivity index (χ0n) is 16.9. The van der Waals surface area contributed by atoms with Gasteiger partial charge in [-0.3, -0.25) is 8.98 Å². The Morgan fingerprint density at radius 2 is 1.73 bits per heavy atom. The smallest absolute Gasteiger partial charge is 0.296 e. The quantitative estimate of drug-likeness (QED) is 0.451. The number of halogens is 1. The summed E-state index contributed by atoms with van der Waals surface area (Å²) in [6.07, 6.45) is 5.00. The van der Waals surface area contributed by atoms with Crippen LogP contribution in [0.5, 0.6) is 0 Å². The topological polar surface area (TPSA) is 84.5 Å². The molecule has 162 valence electrons. The maximum atomic E-state index is 12.6. The van der Waals surface area contributed by atoms with E-state index >= 15 is 0 Å². The molecule has 0 aromatic heterocycles. The largest absolute Gasteiger partial charge is 0.348 e. The molecule has 2 aromatic rings. The third-order valence-electron chi connectivity index (χ3n) is 5.42. The van der Waals surface area contributed by atoms with Crippen molar-refractivity contribution in [2.75, 3.05) is 13.7 Å². The summed E-state index contributed by atoms with van der Waals surface area (Å²) in [5.74, 6) is -0.198. The fourth-order valence-electron chi connectivity index (χ4n) is 3.73. The van der Waals surface area contributed by atoms with Gasteiger partial charge in [0.05, 0.1) is 12.0 Å². The van der Waals surface area contributed by atoms with Crippen molar-refractivity contribution in [3.8, 4) is 0 Å². The van der Waals surface area contributed by atoms with Crippen LogP contribution in [0.3, 0.4) is 0 Å². The minimum absolute atomic E-state index is 0.0302. The second kappa shape index (κ2) is 10.4. The lowest BCUT2D eigenvalue weighted by molar-refractivity contribution is 0.0931. The van der Waals surface area contributed by atoms with Gasteiger partial charge in [-0.2, -0.15) is 8.42 Å². The van der Waals surface area contributed by atoms with E-state index in [0.29, 0.717) is 5.56 Å². The Kier molecular flexibility index (Phi) is 7.88.